The summed E-state index contributed by atoms with van der Waals surface area (Å²) in [5.41, 5.74) is 8.15. The molecule has 1 unspecified atom stereocenters. The fourth-order valence-electron chi connectivity index (χ4n) is 6.58. The molecule has 1 saturated heterocycles. The summed E-state index contributed by atoms with van der Waals surface area (Å²) in [5, 5.41) is 24.7. The fourth-order valence-corrected chi connectivity index (χ4v) is 6.58. The topological polar surface area (TPSA) is 147 Å². The van der Waals surface area contributed by atoms with Gasteiger partial charge in [0.15, 0.2) is 5.82 Å². The van der Waals surface area contributed by atoms with Crippen LogP contribution in [0.5, 0.6) is 0 Å². The van der Waals surface area contributed by atoms with Crippen molar-refractivity contribution in [1.29, 1.82) is 0 Å². The van der Waals surface area contributed by atoms with Gasteiger partial charge < -0.3 is 25.6 Å². The fraction of sp³-hybridized carbons (Fsp3) is 0.643. The maximum atomic E-state index is 13.6. The molecule has 11 heteroatoms. The van der Waals surface area contributed by atoms with Crippen LogP contribution in [0.4, 0.5) is 16.4 Å². The number of H-pyrrole nitrogens is 1. The Hall–Kier alpha value is -3.50. The van der Waals surface area contributed by atoms with Crippen molar-refractivity contribution in [3.8, 4) is 11.3 Å². The molecular formula is C28H40N8O3. The summed E-state index contributed by atoms with van der Waals surface area (Å²) < 4.78 is 3.82. The third kappa shape index (κ3) is 4.76. The van der Waals surface area contributed by atoms with E-state index in [1.165, 1.54) is 0 Å². The molecule has 3 aromatic heterocycles. The number of rotatable bonds is 8. The van der Waals surface area contributed by atoms with Crippen molar-refractivity contribution in [2.45, 2.75) is 83.8 Å². The van der Waals surface area contributed by atoms with Crippen LogP contribution in [0, 0.1) is 17.3 Å². The highest BCUT2D eigenvalue weighted by Gasteiger charge is 2.43. The number of nitrogens with one attached hydrogen (secondary N) is 2. The average molecular weight is 537 g/mol. The van der Waals surface area contributed by atoms with Gasteiger partial charge in [0.1, 0.15) is 11.2 Å². The molecule has 0 spiro atoms. The van der Waals surface area contributed by atoms with Gasteiger partial charge in [-0.05, 0) is 62.2 Å². The molecule has 0 aromatic carbocycles. The van der Waals surface area contributed by atoms with Crippen LogP contribution in [0.3, 0.4) is 0 Å². The van der Waals surface area contributed by atoms with Crippen molar-refractivity contribution in [2.75, 3.05) is 17.2 Å². The molecular weight excluding hydrogens is 496 g/mol. The minimum atomic E-state index is -0.990. The minimum absolute atomic E-state index is 0.0706. The Kier molecular flexibility index (Phi) is 6.15. The Balaban J connectivity index is 1.37. The first kappa shape index (κ1) is 25.8. The second kappa shape index (κ2) is 9.31. The van der Waals surface area contributed by atoms with Gasteiger partial charge >= 0.3 is 6.09 Å². The van der Waals surface area contributed by atoms with Gasteiger partial charge in [-0.25, -0.2) is 4.79 Å². The van der Waals surface area contributed by atoms with E-state index in [0.717, 1.165) is 62.1 Å². The van der Waals surface area contributed by atoms with E-state index < -0.39 is 6.09 Å². The number of aromatic amines is 1. The molecule has 3 aliphatic rings. The molecule has 0 radical (unpaired) electrons. The SMILES string of the molecule is Cn1nc(-c2cn(C(C3CC3)C3CC3)c(=O)c3c(N)n[nH]c23)cc1N1CCC[C@@H]1CC(NC(=O)O)C(C)(C)C. The predicted octanol–water partition coefficient (Wildman–Crippen LogP) is 4.11. The van der Waals surface area contributed by atoms with Crippen LogP contribution < -0.4 is 21.5 Å². The first-order valence-corrected chi connectivity index (χ1v) is 14.2. The molecule has 39 heavy (non-hydrogen) atoms. The zero-order valence-corrected chi connectivity index (χ0v) is 23.3. The number of nitrogen functional groups attached to an aromatic ring is 1. The van der Waals surface area contributed by atoms with Gasteiger partial charge in [0.2, 0.25) is 0 Å². The zero-order valence-electron chi connectivity index (χ0n) is 23.3. The Morgan fingerprint density at radius 3 is 2.54 bits per heavy atom. The number of anilines is 2. The molecule has 4 heterocycles. The molecule has 2 aliphatic carbocycles. The number of fused-ring (bicyclic) bond motifs is 1. The summed E-state index contributed by atoms with van der Waals surface area (Å²) in [6, 6.07) is 2.30. The number of carbonyl (C=O) groups is 1. The van der Waals surface area contributed by atoms with E-state index in [4.69, 9.17) is 10.8 Å². The van der Waals surface area contributed by atoms with Crippen LogP contribution in [-0.4, -0.2) is 54.4 Å². The van der Waals surface area contributed by atoms with Crippen molar-refractivity contribution in [3.05, 3.63) is 22.6 Å². The summed E-state index contributed by atoms with van der Waals surface area (Å²) in [4.78, 5) is 27.5. The largest absolute Gasteiger partial charge is 0.465 e. The highest BCUT2D eigenvalue weighted by molar-refractivity contribution is 5.97. The molecule has 0 bridgehead atoms. The molecule has 1 aliphatic heterocycles. The predicted molar refractivity (Wildman–Crippen MR) is 151 cm³/mol. The van der Waals surface area contributed by atoms with E-state index in [0.29, 0.717) is 29.2 Å². The lowest BCUT2D eigenvalue weighted by Gasteiger charge is -2.35. The average Bonchev–Trinajstić information content (AvgIpc) is 3.76. The van der Waals surface area contributed by atoms with Crippen LogP contribution in [0.2, 0.25) is 0 Å². The minimum Gasteiger partial charge on any atom is -0.465 e. The summed E-state index contributed by atoms with van der Waals surface area (Å²) >= 11 is 0. The maximum Gasteiger partial charge on any atom is 0.404 e. The van der Waals surface area contributed by atoms with E-state index in [1.54, 1.807) is 0 Å². The summed E-state index contributed by atoms with van der Waals surface area (Å²) in [5.74, 6) is 2.31. The van der Waals surface area contributed by atoms with Gasteiger partial charge in [-0.3, -0.25) is 14.6 Å². The Morgan fingerprint density at radius 1 is 1.23 bits per heavy atom. The molecule has 11 nitrogen and oxygen atoms in total. The monoisotopic (exact) mass is 536 g/mol. The van der Waals surface area contributed by atoms with Crippen molar-refractivity contribution in [1.82, 2.24) is 29.9 Å². The molecule has 210 valence electrons. The highest BCUT2D eigenvalue weighted by Crippen LogP contribution is 2.52. The van der Waals surface area contributed by atoms with Crippen LogP contribution in [0.1, 0.15) is 71.8 Å². The van der Waals surface area contributed by atoms with E-state index >= 15 is 0 Å². The van der Waals surface area contributed by atoms with E-state index in [1.807, 2.05) is 22.5 Å². The first-order chi connectivity index (χ1) is 18.5. The van der Waals surface area contributed by atoms with Crippen LogP contribution in [0.25, 0.3) is 22.2 Å². The standard InChI is InChI=1S/C28H40N8O3/c1-28(2,3)20(30-27(38)39)12-17-6-5-11-35(17)21-13-19(33-34(21)4)18-14-36(24(15-7-8-15)16-9-10-16)26(37)22-23(18)31-32-25(22)29/h13-17,20,24,30H,5-12H2,1-4H3,(H,38,39)(H3,29,31,32)/t17-,20?/m1/s1. The Bertz CT molecular complexity index is 1440. The smallest absolute Gasteiger partial charge is 0.404 e. The lowest BCUT2D eigenvalue weighted by molar-refractivity contribution is 0.169. The molecule has 2 atom stereocenters. The lowest BCUT2D eigenvalue weighted by Crippen LogP contribution is -2.47. The van der Waals surface area contributed by atoms with E-state index in [2.05, 4.69) is 47.3 Å². The summed E-state index contributed by atoms with van der Waals surface area (Å²) in [6.45, 7) is 7.09. The van der Waals surface area contributed by atoms with Gasteiger partial charge in [0.25, 0.3) is 5.56 Å². The van der Waals surface area contributed by atoms with Gasteiger partial charge in [-0.2, -0.15) is 10.2 Å². The van der Waals surface area contributed by atoms with Crippen molar-refractivity contribution < 1.29 is 9.90 Å². The number of amides is 1. The third-order valence-corrected chi connectivity index (χ3v) is 8.96. The number of aromatic nitrogens is 5. The number of aryl methyl sites for hydroxylation is 1. The second-order valence-electron chi connectivity index (χ2n) is 12.9. The lowest BCUT2D eigenvalue weighted by atomic mass is 9.82. The molecule has 3 aromatic rings. The Labute approximate surface area is 227 Å². The molecule has 3 fully saturated rings. The first-order valence-electron chi connectivity index (χ1n) is 14.2. The second-order valence-corrected chi connectivity index (χ2v) is 12.9. The third-order valence-electron chi connectivity index (χ3n) is 8.96. The van der Waals surface area contributed by atoms with Gasteiger partial charge in [0, 0.05) is 49.5 Å². The van der Waals surface area contributed by atoms with Gasteiger partial charge in [-0.15, -0.1) is 0 Å². The Morgan fingerprint density at radius 2 is 1.92 bits per heavy atom. The number of hydrogen-bond donors (Lipinski definition) is 4. The molecule has 6 rings (SSSR count). The number of nitrogens with two attached hydrogens (primary N) is 1. The van der Waals surface area contributed by atoms with Gasteiger partial charge in [0.05, 0.1) is 11.2 Å². The highest BCUT2D eigenvalue weighted by atomic mass is 16.4. The normalized spacial score (nSPS) is 20.7. The van der Waals surface area contributed by atoms with Crippen molar-refractivity contribution in [2.24, 2.45) is 24.3 Å². The summed E-state index contributed by atoms with van der Waals surface area (Å²) in [6.07, 6.45) is 8.39. The number of pyridine rings is 1. The van der Waals surface area contributed by atoms with Gasteiger partial charge in [-0.1, -0.05) is 20.8 Å². The van der Waals surface area contributed by atoms with Crippen LogP contribution >= 0.6 is 0 Å². The van der Waals surface area contributed by atoms with Crippen LogP contribution in [0.15, 0.2) is 17.1 Å². The zero-order chi connectivity index (χ0) is 27.6. The number of hydrogen-bond acceptors (Lipinski definition) is 6. The molecule has 1 amide bonds. The van der Waals surface area contributed by atoms with Crippen molar-refractivity contribution in [3.63, 3.8) is 0 Å². The van der Waals surface area contributed by atoms with Crippen LogP contribution in [-0.2, 0) is 7.05 Å². The molecule has 2 saturated carbocycles. The maximum absolute atomic E-state index is 13.6. The number of nitrogens with zero attached hydrogens (tertiary/aromatic N) is 5. The quantitative estimate of drug-likeness (QED) is 0.339. The number of carboxylic acid groups (broad SMARTS) is 1. The van der Waals surface area contributed by atoms with Crippen molar-refractivity contribution >= 4 is 28.6 Å². The van der Waals surface area contributed by atoms with E-state index in [-0.39, 0.29) is 34.9 Å². The molecule has 5 N–H and O–H groups in total. The summed E-state index contributed by atoms with van der Waals surface area (Å²) in [7, 11) is 1.94. The van der Waals surface area contributed by atoms with E-state index in [9.17, 15) is 14.7 Å².